The van der Waals surface area contributed by atoms with Crippen molar-refractivity contribution in [1.82, 2.24) is 4.98 Å². The highest BCUT2D eigenvalue weighted by molar-refractivity contribution is 5.88. The van der Waals surface area contributed by atoms with Crippen LogP contribution in [0.3, 0.4) is 0 Å². The van der Waals surface area contributed by atoms with E-state index in [1.54, 1.807) is 26.2 Å². The summed E-state index contributed by atoms with van der Waals surface area (Å²) < 4.78 is 10.1. The van der Waals surface area contributed by atoms with Crippen molar-refractivity contribution in [3.8, 4) is 5.75 Å². The molecule has 1 amide bonds. The van der Waals surface area contributed by atoms with Gasteiger partial charge in [-0.1, -0.05) is 6.07 Å². The molecule has 1 aliphatic rings. The van der Waals surface area contributed by atoms with Gasteiger partial charge in [-0.15, -0.1) is 0 Å². The van der Waals surface area contributed by atoms with Crippen molar-refractivity contribution in [3.05, 3.63) is 41.5 Å². The van der Waals surface area contributed by atoms with Gasteiger partial charge in [-0.25, -0.2) is 9.78 Å². The van der Waals surface area contributed by atoms with Gasteiger partial charge in [0.2, 0.25) is 0 Å². The number of carbonyl (C=O) groups is 1. The van der Waals surface area contributed by atoms with Gasteiger partial charge < -0.3 is 20.5 Å². The standard InChI is InChI=1S/C18H22N4O3/c1-3-25-18(23)21-15-8-9-16(22-17(15)19)20-14-7-4-11-10-12(24-2)5-6-13(11)14/h5-6,8-10,14H,3-4,7H2,1-2H3,(H,21,23)(H3,19,20,22). The van der Waals surface area contributed by atoms with Gasteiger partial charge in [-0.2, -0.15) is 0 Å². The molecule has 1 aromatic heterocycles. The fraction of sp³-hybridized carbons (Fsp3) is 0.333. The number of benzene rings is 1. The van der Waals surface area contributed by atoms with Crippen LogP contribution >= 0.6 is 0 Å². The van der Waals surface area contributed by atoms with Crippen molar-refractivity contribution in [3.63, 3.8) is 0 Å². The third kappa shape index (κ3) is 3.76. The summed E-state index contributed by atoms with van der Waals surface area (Å²) in [7, 11) is 1.67. The maximum atomic E-state index is 11.5. The van der Waals surface area contributed by atoms with E-state index in [-0.39, 0.29) is 11.9 Å². The zero-order valence-corrected chi connectivity index (χ0v) is 14.3. The zero-order valence-electron chi connectivity index (χ0n) is 14.3. The number of aromatic nitrogens is 1. The van der Waals surface area contributed by atoms with Crippen molar-refractivity contribution in [2.24, 2.45) is 0 Å². The van der Waals surface area contributed by atoms with Gasteiger partial charge in [0.25, 0.3) is 0 Å². The first kappa shape index (κ1) is 16.9. The molecule has 7 heteroatoms. The molecule has 7 nitrogen and oxygen atoms in total. The molecule has 1 aliphatic carbocycles. The van der Waals surface area contributed by atoms with Crippen molar-refractivity contribution >= 4 is 23.4 Å². The van der Waals surface area contributed by atoms with Gasteiger partial charge >= 0.3 is 6.09 Å². The average molecular weight is 342 g/mol. The fourth-order valence-corrected chi connectivity index (χ4v) is 2.99. The molecule has 0 spiro atoms. The maximum Gasteiger partial charge on any atom is 0.411 e. The number of hydrogen-bond acceptors (Lipinski definition) is 6. The third-order valence-corrected chi connectivity index (χ3v) is 4.19. The number of ether oxygens (including phenoxy) is 2. The molecule has 0 saturated carbocycles. The first-order chi connectivity index (χ1) is 12.1. The molecule has 0 radical (unpaired) electrons. The van der Waals surface area contributed by atoms with Crippen LogP contribution in [0.5, 0.6) is 5.75 Å². The van der Waals surface area contributed by atoms with Gasteiger partial charge in [0.15, 0.2) is 0 Å². The number of pyridine rings is 1. The highest BCUT2D eigenvalue weighted by Crippen LogP contribution is 2.35. The van der Waals surface area contributed by atoms with Crippen molar-refractivity contribution in [2.75, 3.05) is 30.1 Å². The van der Waals surface area contributed by atoms with E-state index < -0.39 is 6.09 Å². The van der Waals surface area contributed by atoms with Crippen molar-refractivity contribution < 1.29 is 14.3 Å². The predicted octanol–water partition coefficient (Wildman–Crippen LogP) is 3.34. The van der Waals surface area contributed by atoms with Crippen LogP contribution in [0.25, 0.3) is 0 Å². The summed E-state index contributed by atoms with van der Waals surface area (Å²) in [6.07, 6.45) is 1.42. The Morgan fingerprint density at radius 1 is 1.36 bits per heavy atom. The minimum Gasteiger partial charge on any atom is -0.497 e. The summed E-state index contributed by atoms with van der Waals surface area (Å²) in [6, 6.07) is 9.80. The highest BCUT2D eigenvalue weighted by Gasteiger charge is 2.23. The molecule has 4 N–H and O–H groups in total. The zero-order chi connectivity index (χ0) is 17.8. The molecule has 1 heterocycles. The first-order valence-corrected chi connectivity index (χ1v) is 8.24. The van der Waals surface area contributed by atoms with Gasteiger partial charge in [0.1, 0.15) is 17.4 Å². The van der Waals surface area contributed by atoms with Crippen LogP contribution in [0.1, 0.15) is 30.5 Å². The molecule has 1 unspecified atom stereocenters. The second-order valence-corrected chi connectivity index (χ2v) is 5.78. The van der Waals surface area contributed by atoms with E-state index in [9.17, 15) is 4.79 Å². The van der Waals surface area contributed by atoms with E-state index in [1.807, 2.05) is 6.07 Å². The monoisotopic (exact) mass is 342 g/mol. The number of fused-ring (bicyclic) bond motifs is 1. The number of anilines is 3. The minimum absolute atomic E-state index is 0.177. The number of rotatable bonds is 5. The van der Waals surface area contributed by atoms with Crippen molar-refractivity contribution in [2.45, 2.75) is 25.8 Å². The van der Waals surface area contributed by atoms with E-state index in [0.29, 0.717) is 18.1 Å². The second kappa shape index (κ2) is 7.29. The Hall–Kier alpha value is -2.96. The highest BCUT2D eigenvalue weighted by atomic mass is 16.5. The number of amides is 1. The molecule has 132 valence electrons. The van der Waals surface area contributed by atoms with E-state index in [1.165, 1.54) is 11.1 Å². The summed E-state index contributed by atoms with van der Waals surface area (Å²) in [4.78, 5) is 15.8. The van der Waals surface area contributed by atoms with Gasteiger partial charge in [-0.05, 0) is 55.2 Å². The van der Waals surface area contributed by atoms with Gasteiger partial charge in [0, 0.05) is 0 Å². The second-order valence-electron chi connectivity index (χ2n) is 5.78. The van der Waals surface area contributed by atoms with Crippen molar-refractivity contribution in [1.29, 1.82) is 0 Å². The fourth-order valence-electron chi connectivity index (χ4n) is 2.99. The Morgan fingerprint density at radius 2 is 2.20 bits per heavy atom. The molecule has 1 aromatic carbocycles. The number of carbonyl (C=O) groups excluding carboxylic acids is 1. The van der Waals surface area contributed by atoms with E-state index in [0.717, 1.165) is 18.6 Å². The van der Waals surface area contributed by atoms with E-state index >= 15 is 0 Å². The quantitative estimate of drug-likeness (QED) is 0.771. The lowest BCUT2D eigenvalue weighted by Crippen LogP contribution is -2.15. The normalized spacial score (nSPS) is 15.4. The number of nitrogens with two attached hydrogens (primary N) is 1. The maximum absolute atomic E-state index is 11.5. The topological polar surface area (TPSA) is 98.5 Å². The smallest absolute Gasteiger partial charge is 0.411 e. The van der Waals surface area contributed by atoms with Crippen LogP contribution in [0.2, 0.25) is 0 Å². The first-order valence-electron chi connectivity index (χ1n) is 8.24. The number of nitrogens with zero attached hydrogens (tertiary/aromatic N) is 1. The van der Waals surface area contributed by atoms with Gasteiger partial charge in [-0.3, -0.25) is 5.32 Å². The van der Waals surface area contributed by atoms with Crippen LogP contribution in [0.4, 0.5) is 22.1 Å². The lowest BCUT2D eigenvalue weighted by molar-refractivity contribution is 0.168. The SMILES string of the molecule is CCOC(=O)Nc1ccc(NC2CCc3cc(OC)ccc32)nc1N. The minimum atomic E-state index is -0.546. The van der Waals surface area contributed by atoms with Crippen LogP contribution < -0.4 is 21.1 Å². The molecule has 0 saturated heterocycles. The molecule has 0 bridgehead atoms. The number of hydrogen-bond donors (Lipinski definition) is 3. The largest absolute Gasteiger partial charge is 0.497 e. The lowest BCUT2D eigenvalue weighted by atomic mass is 10.1. The summed E-state index contributed by atoms with van der Waals surface area (Å²) in [5.74, 6) is 1.78. The summed E-state index contributed by atoms with van der Waals surface area (Å²) >= 11 is 0. The Labute approximate surface area is 146 Å². The van der Waals surface area contributed by atoms with E-state index in [4.69, 9.17) is 15.2 Å². The Bertz CT molecular complexity index is 779. The Morgan fingerprint density at radius 3 is 2.92 bits per heavy atom. The number of aryl methyl sites for hydroxylation is 1. The van der Waals surface area contributed by atoms with Crippen LogP contribution in [-0.4, -0.2) is 24.8 Å². The molecular formula is C18H22N4O3. The van der Waals surface area contributed by atoms with Crippen LogP contribution in [0, 0.1) is 0 Å². The molecule has 1 atom stereocenters. The molecule has 3 rings (SSSR count). The van der Waals surface area contributed by atoms with Crippen LogP contribution in [0.15, 0.2) is 30.3 Å². The third-order valence-electron chi connectivity index (χ3n) is 4.19. The number of nitrogen functional groups attached to an aromatic ring is 1. The molecule has 2 aromatic rings. The Balaban J connectivity index is 1.71. The summed E-state index contributed by atoms with van der Waals surface area (Å²) in [6.45, 7) is 2.04. The molecule has 0 fully saturated rings. The van der Waals surface area contributed by atoms with Crippen LogP contribution in [-0.2, 0) is 11.2 Å². The van der Waals surface area contributed by atoms with Gasteiger partial charge in [0.05, 0.1) is 25.4 Å². The summed E-state index contributed by atoms with van der Waals surface area (Å²) in [5, 5.41) is 5.98. The lowest BCUT2D eigenvalue weighted by Gasteiger charge is -2.16. The number of nitrogens with one attached hydrogen (secondary N) is 2. The molecular weight excluding hydrogens is 320 g/mol. The average Bonchev–Trinajstić information content (AvgIpc) is 2.99. The molecule has 0 aliphatic heterocycles. The molecule has 25 heavy (non-hydrogen) atoms. The predicted molar refractivity (Wildman–Crippen MR) is 97.0 cm³/mol. The Kier molecular flexibility index (Phi) is 4.92. The van der Waals surface area contributed by atoms with E-state index in [2.05, 4.69) is 27.8 Å². The number of methoxy groups -OCH3 is 1. The summed E-state index contributed by atoms with van der Waals surface area (Å²) in [5.41, 5.74) is 8.89.